The molecule has 0 saturated carbocycles. The number of aromatic nitrogens is 1. The first kappa shape index (κ1) is 17.0. The number of aliphatic hydroxyl groups is 1. The molecule has 4 aliphatic heterocycles. The van der Waals surface area contributed by atoms with E-state index < -0.39 is 5.60 Å². The summed E-state index contributed by atoms with van der Waals surface area (Å²) in [6, 6.07) is 6.07. The lowest BCUT2D eigenvalue weighted by Crippen LogP contribution is -2.63. The molecule has 1 aromatic rings. The quantitative estimate of drug-likeness (QED) is 0.874. The third-order valence-electron chi connectivity index (χ3n) is 7.34. The number of hydrogen-bond donors (Lipinski definition) is 1. The van der Waals surface area contributed by atoms with Crippen LogP contribution in [0.1, 0.15) is 50.1 Å². The fourth-order valence-electron chi connectivity index (χ4n) is 6.32. The number of β-amino-alcohol motifs (C(OH)–C–C–N with tert-alkyl or cyclic N) is 1. The van der Waals surface area contributed by atoms with Gasteiger partial charge < -0.3 is 9.67 Å². The predicted octanol–water partition coefficient (Wildman–Crippen LogP) is 1.65. The number of hydrogen-bond acceptors (Lipinski definition) is 4. The van der Waals surface area contributed by atoms with Crippen LogP contribution >= 0.6 is 0 Å². The van der Waals surface area contributed by atoms with Crippen LogP contribution in [0.15, 0.2) is 23.0 Å². The van der Waals surface area contributed by atoms with E-state index in [0.717, 1.165) is 58.5 Å². The minimum Gasteiger partial charge on any atom is -0.387 e. The molecule has 1 aromatic heterocycles. The molecule has 0 amide bonds. The maximum atomic E-state index is 12.2. The third kappa shape index (κ3) is 2.85. The fourth-order valence-corrected chi connectivity index (χ4v) is 6.32. The van der Waals surface area contributed by atoms with Gasteiger partial charge in [-0.15, -0.1) is 0 Å². The molecule has 0 radical (unpaired) electrons. The highest BCUT2D eigenvalue weighted by Gasteiger charge is 2.46. The van der Waals surface area contributed by atoms with Gasteiger partial charge in [-0.25, -0.2) is 0 Å². The molecule has 0 aliphatic carbocycles. The van der Waals surface area contributed by atoms with Gasteiger partial charge in [0.2, 0.25) is 0 Å². The van der Waals surface area contributed by atoms with Crippen molar-refractivity contribution in [2.24, 2.45) is 5.92 Å². The Bertz CT molecular complexity index is 730. The SMILES string of the molecule is O=c1cccc2n1CC1CC2CN(C[C@]2(O)CCCN3CCCC[C@@H]32)C1. The van der Waals surface area contributed by atoms with Crippen molar-refractivity contribution in [1.82, 2.24) is 14.4 Å². The molecular formula is C21H31N3O2. The Morgan fingerprint density at radius 1 is 1.12 bits per heavy atom. The predicted molar refractivity (Wildman–Crippen MR) is 101 cm³/mol. The molecule has 3 saturated heterocycles. The van der Waals surface area contributed by atoms with Crippen molar-refractivity contribution >= 4 is 0 Å². The summed E-state index contributed by atoms with van der Waals surface area (Å²) in [5.41, 5.74) is 0.795. The van der Waals surface area contributed by atoms with Gasteiger partial charge in [0.05, 0.1) is 5.60 Å². The van der Waals surface area contributed by atoms with Crippen LogP contribution in [0.3, 0.4) is 0 Å². The van der Waals surface area contributed by atoms with Crippen LogP contribution < -0.4 is 5.56 Å². The Balaban J connectivity index is 1.35. The molecule has 26 heavy (non-hydrogen) atoms. The maximum absolute atomic E-state index is 12.2. The summed E-state index contributed by atoms with van der Waals surface area (Å²) in [4.78, 5) is 17.3. The van der Waals surface area contributed by atoms with Crippen LogP contribution in [0.5, 0.6) is 0 Å². The summed E-state index contributed by atoms with van der Waals surface area (Å²) in [6.45, 7) is 5.97. The molecule has 5 heterocycles. The van der Waals surface area contributed by atoms with Crippen molar-refractivity contribution in [2.75, 3.05) is 32.7 Å². The zero-order valence-electron chi connectivity index (χ0n) is 15.6. The van der Waals surface area contributed by atoms with Crippen molar-refractivity contribution < 1.29 is 5.11 Å². The van der Waals surface area contributed by atoms with Gasteiger partial charge in [0.15, 0.2) is 0 Å². The van der Waals surface area contributed by atoms with Crippen LogP contribution in [0, 0.1) is 5.92 Å². The average molecular weight is 357 g/mol. The van der Waals surface area contributed by atoms with Gasteiger partial charge in [0.1, 0.15) is 0 Å². The number of fused-ring (bicyclic) bond motifs is 5. The standard InChI is InChI=1S/C21H31N3O2/c25-20-7-3-5-18-17-11-16(13-24(18)20)12-22(14-17)15-21(26)8-4-10-23-9-2-1-6-19(21)23/h3,5,7,16-17,19,26H,1-2,4,6,8-15H2/t16?,17?,19-,21-/m1/s1. The molecule has 5 heteroatoms. The molecular weight excluding hydrogens is 326 g/mol. The second kappa shape index (κ2) is 6.47. The van der Waals surface area contributed by atoms with Crippen molar-refractivity contribution in [2.45, 2.75) is 62.6 Å². The number of likely N-dealkylation sites (tertiary alicyclic amines) is 1. The fraction of sp³-hybridized carbons (Fsp3) is 0.762. The lowest BCUT2D eigenvalue weighted by molar-refractivity contribution is -0.114. The molecule has 4 aliphatic rings. The van der Waals surface area contributed by atoms with Crippen molar-refractivity contribution in [3.8, 4) is 0 Å². The molecule has 2 unspecified atom stereocenters. The maximum Gasteiger partial charge on any atom is 0.250 e. The van der Waals surface area contributed by atoms with Crippen molar-refractivity contribution in [1.29, 1.82) is 0 Å². The van der Waals surface area contributed by atoms with E-state index in [2.05, 4.69) is 15.9 Å². The van der Waals surface area contributed by atoms with Gasteiger partial charge in [-0.3, -0.25) is 14.6 Å². The second-order valence-corrected chi connectivity index (χ2v) is 9.15. The summed E-state index contributed by atoms with van der Waals surface area (Å²) in [6.07, 6.45) is 6.93. The first-order chi connectivity index (χ1) is 12.6. The Kier molecular flexibility index (Phi) is 4.22. The van der Waals surface area contributed by atoms with Gasteiger partial charge in [-0.1, -0.05) is 12.5 Å². The molecule has 0 spiro atoms. The van der Waals surface area contributed by atoms with Gasteiger partial charge in [0.25, 0.3) is 5.56 Å². The van der Waals surface area contributed by atoms with Gasteiger partial charge in [-0.2, -0.15) is 0 Å². The van der Waals surface area contributed by atoms with Crippen LogP contribution in [0.25, 0.3) is 0 Å². The Labute approximate surface area is 155 Å². The molecule has 3 fully saturated rings. The smallest absolute Gasteiger partial charge is 0.250 e. The largest absolute Gasteiger partial charge is 0.387 e. The summed E-state index contributed by atoms with van der Waals surface area (Å²) in [5, 5.41) is 11.6. The molecule has 0 aromatic carbocycles. The molecule has 5 rings (SSSR count). The molecule has 142 valence electrons. The normalized spacial score (nSPS) is 37.8. The Hall–Kier alpha value is -1.17. The number of pyridine rings is 1. The summed E-state index contributed by atoms with van der Waals surface area (Å²) >= 11 is 0. The monoisotopic (exact) mass is 357 g/mol. The van der Waals surface area contributed by atoms with E-state index >= 15 is 0 Å². The summed E-state index contributed by atoms with van der Waals surface area (Å²) in [5.74, 6) is 0.974. The topological polar surface area (TPSA) is 48.7 Å². The number of nitrogens with zero attached hydrogens (tertiary/aromatic N) is 3. The second-order valence-electron chi connectivity index (χ2n) is 9.15. The lowest BCUT2D eigenvalue weighted by Gasteiger charge is -2.52. The number of piperidine rings is 3. The van der Waals surface area contributed by atoms with Gasteiger partial charge in [-0.05, 0) is 57.2 Å². The first-order valence-corrected chi connectivity index (χ1v) is 10.5. The first-order valence-electron chi connectivity index (χ1n) is 10.5. The van der Waals surface area contributed by atoms with Crippen molar-refractivity contribution in [3.05, 3.63) is 34.2 Å². The van der Waals surface area contributed by atoms with E-state index in [-0.39, 0.29) is 5.56 Å². The van der Waals surface area contributed by atoms with E-state index in [4.69, 9.17) is 0 Å². The Morgan fingerprint density at radius 2 is 2.00 bits per heavy atom. The summed E-state index contributed by atoms with van der Waals surface area (Å²) in [7, 11) is 0. The Morgan fingerprint density at radius 3 is 2.92 bits per heavy atom. The van der Waals surface area contributed by atoms with Gasteiger partial charge >= 0.3 is 0 Å². The van der Waals surface area contributed by atoms with Crippen LogP contribution in [0.2, 0.25) is 0 Å². The highest BCUT2D eigenvalue weighted by atomic mass is 16.3. The summed E-state index contributed by atoms with van der Waals surface area (Å²) < 4.78 is 1.99. The van der Waals surface area contributed by atoms with Crippen molar-refractivity contribution in [3.63, 3.8) is 0 Å². The van der Waals surface area contributed by atoms with Gasteiger partial charge in [0, 0.05) is 49.9 Å². The third-order valence-corrected chi connectivity index (χ3v) is 7.34. The average Bonchev–Trinajstić information content (AvgIpc) is 2.63. The highest BCUT2D eigenvalue weighted by Crippen LogP contribution is 2.39. The van der Waals surface area contributed by atoms with E-state index in [1.165, 1.54) is 25.0 Å². The zero-order chi connectivity index (χ0) is 17.7. The zero-order valence-corrected chi connectivity index (χ0v) is 15.6. The lowest BCUT2D eigenvalue weighted by atomic mass is 9.77. The molecule has 5 nitrogen and oxygen atoms in total. The van der Waals surface area contributed by atoms with E-state index in [1.807, 2.05) is 10.6 Å². The van der Waals surface area contributed by atoms with E-state index in [0.29, 0.717) is 17.9 Å². The van der Waals surface area contributed by atoms with Crippen LogP contribution in [-0.2, 0) is 6.54 Å². The number of rotatable bonds is 2. The minimum atomic E-state index is -0.555. The van der Waals surface area contributed by atoms with E-state index in [9.17, 15) is 9.90 Å². The molecule has 4 atom stereocenters. The van der Waals surface area contributed by atoms with E-state index in [1.54, 1.807) is 6.07 Å². The molecule has 2 bridgehead atoms. The minimum absolute atomic E-state index is 0.148. The van der Waals surface area contributed by atoms with Crippen LogP contribution in [0.4, 0.5) is 0 Å². The molecule has 1 N–H and O–H groups in total. The van der Waals surface area contributed by atoms with Crippen LogP contribution in [-0.4, -0.2) is 63.8 Å². The highest BCUT2D eigenvalue weighted by molar-refractivity contribution is 5.17.